The molecule has 2 bridgehead atoms. The summed E-state index contributed by atoms with van der Waals surface area (Å²) in [5.74, 6) is 1.78. The van der Waals surface area contributed by atoms with Gasteiger partial charge in [-0.25, -0.2) is 15.0 Å². The van der Waals surface area contributed by atoms with Crippen LogP contribution in [0, 0.1) is 0 Å². The Balaban J connectivity index is 1.29. The molecule has 5 heteroatoms. The summed E-state index contributed by atoms with van der Waals surface area (Å²) in [6, 6.07) is 37.3. The number of hydrogen-bond acceptors (Lipinski definition) is 5. The average Bonchev–Trinajstić information content (AvgIpc) is 3.62. The van der Waals surface area contributed by atoms with Crippen molar-refractivity contribution in [2.45, 2.75) is 25.7 Å². The number of hydrogen-bond donors (Lipinski definition) is 0. The monoisotopic (exact) mass is 619 g/mol. The van der Waals surface area contributed by atoms with Crippen LogP contribution in [0.25, 0.3) is 77.8 Å². The zero-order chi connectivity index (χ0) is 32.0. The zero-order valence-electron chi connectivity index (χ0n) is 26.5. The van der Waals surface area contributed by atoms with Gasteiger partial charge in [-0.05, 0) is 47.4 Å². The molecule has 228 valence electrons. The molecule has 0 spiro atoms. The first-order valence-corrected chi connectivity index (χ1v) is 16.3. The molecule has 2 aliphatic rings. The molecule has 0 N–H and O–H groups in total. The summed E-state index contributed by atoms with van der Waals surface area (Å²) in [6.45, 7) is 4.63. The standard InChI is InChI=1S/C43H29N3O2/c1-43(2)25-12-9-17-29(33(24-25)26-13-3-6-20-34(26)43)40-44-41(31-18-11-23-37-38(31)30-15-5-8-22-36(30)47-37)46-42(45-40)32-19-10-16-28-27-14-4-7-21-35(27)48-39(28)32/h3-23H,24H2,1-2H3. The van der Waals surface area contributed by atoms with Gasteiger partial charge in [0.25, 0.3) is 0 Å². The van der Waals surface area contributed by atoms with Crippen molar-refractivity contribution in [3.05, 3.63) is 150 Å². The largest absolute Gasteiger partial charge is 0.456 e. The van der Waals surface area contributed by atoms with E-state index < -0.39 is 0 Å². The molecule has 0 saturated carbocycles. The molecule has 3 heterocycles. The van der Waals surface area contributed by atoms with E-state index in [1.54, 1.807) is 0 Å². The normalized spacial score (nSPS) is 15.3. The third-order valence-electron chi connectivity index (χ3n) is 10.1. The van der Waals surface area contributed by atoms with Crippen LogP contribution in [0.2, 0.25) is 0 Å². The number of allylic oxidation sites excluding steroid dienone is 6. The molecular weight excluding hydrogens is 590 g/mol. The highest BCUT2D eigenvalue weighted by Gasteiger charge is 2.36. The lowest BCUT2D eigenvalue weighted by Crippen LogP contribution is -2.26. The first-order chi connectivity index (χ1) is 23.5. The first kappa shape index (κ1) is 27.1. The van der Waals surface area contributed by atoms with E-state index in [4.69, 9.17) is 23.8 Å². The minimum absolute atomic E-state index is 0.0791. The highest BCUT2D eigenvalue weighted by atomic mass is 16.3. The van der Waals surface area contributed by atoms with Gasteiger partial charge < -0.3 is 8.83 Å². The fraction of sp³-hybridized carbons (Fsp3) is 0.0930. The van der Waals surface area contributed by atoms with Crippen LogP contribution in [0.1, 0.15) is 37.2 Å². The van der Waals surface area contributed by atoms with Gasteiger partial charge in [-0.1, -0.05) is 123 Å². The third-order valence-corrected chi connectivity index (χ3v) is 10.1. The SMILES string of the molecule is CC1(C)C2=CC=CC(c3nc(-c4cccc5c4oc4ccccc45)nc(-c4cccc5oc6ccccc6c45)n3)=C(C2)c2ccccc21. The van der Waals surface area contributed by atoms with Crippen LogP contribution in [-0.2, 0) is 5.41 Å². The molecule has 0 aliphatic heterocycles. The van der Waals surface area contributed by atoms with Crippen LogP contribution in [0.15, 0.2) is 142 Å². The molecule has 0 saturated heterocycles. The number of furan rings is 2. The molecule has 0 atom stereocenters. The molecule has 3 aromatic heterocycles. The molecule has 0 unspecified atom stereocenters. The highest BCUT2D eigenvalue weighted by molar-refractivity contribution is 6.12. The van der Waals surface area contributed by atoms with E-state index in [1.165, 1.54) is 22.3 Å². The Hall–Kier alpha value is -6.07. The number of rotatable bonds is 3. The second-order valence-corrected chi connectivity index (χ2v) is 13.2. The van der Waals surface area contributed by atoms with Crippen LogP contribution < -0.4 is 0 Å². The fourth-order valence-electron chi connectivity index (χ4n) is 7.67. The molecular formula is C43H29N3O2. The summed E-state index contributed by atoms with van der Waals surface area (Å²) < 4.78 is 12.8. The van der Waals surface area contributed by atoms with E-state index in [-0.39, 0.29) is 5.41 Å². The second-order valence-electron chi connectivity index (χ2n) is 13.2. The Labute approximate surface area is 276 Å². The smallest absolute Gasteiger partial charge is 0.167 e. The molecule has 48 heavy (non-hydrogen) atoms. The molecule has 8 aromatic rings. The second kappa shape index (κ2) is 9.96. The van der Waals surface area contributed by atoms with Gasteiger partial charge in [-0.2, -0.15) is 0 Å². The Morgan fingerprint density at radius 1 is 0.562 bits per heavy atom. The Morgan fingerprint density at radius 2 is 1.19 bits per heavy atom. The van der Waals surface area contributed by atoms with Crippen molar-refractivity contribution in [3.63, 3.8) is 0 Å². The van der Waals surface area contributed by atoms with Crippen molar-refractivity contribution >= 4 is 55.0 Å². The summed E-state index contributed by atoms with van der Waals surface area (Å²) in [5, 5.41) is 4.11. The highest BCUT2D eigenvalue weighted by Crippen LogP contribution is 2.49. The number of para-hydroxylation sites is 3. The maximum Gasteiger partial charge on any atom is 0.167 e. The fourth-order valence-corrected chi connectivity index (χ4v) is 7.67. The third kappa shape index (κ3) is 3.88. The van der Waals surface area contributed by atoms with Crippen molar-refractivity contribution in [3.8, 4) is 22.8 Å². The summed E-state index contributed by atoms with van der Waals surface area (Å²) in [5.41, 5.74) is 11.0. The maximum absolute atomic E-state index is 6.49. The van der Waals surface area contributed by atoms with Gasteiger partial charge in [0, 0.05) is 38.1 Å². The summed E-state index contributed by atoms with van der Waals surface area (Å²) >= 11 is 0. The summed E-state index contributed by atoms with van der Waals surface area (Å²) in [6.07, 6.45) is 7.40. The van der Waals surface area contributed by atoms with Crippen molar-refractivity contribution < 1.29 is 8.83 Å². The van der Waals surface area contributed by atoms with Crippen LogP contribution in [0.4, 0.5) is 0 Å². The summed E-state index contributed by atoms with van der Waals surface area (Å²) in [7, 11) is 0. The number of aromatic nitrogens is 3. The lowest BCUT2D eigenvalue weighted by molar-refractivity contribution is 0.599. The molecule has 0 radical (unpaired) electrons. The van der Waals surface area contributed by atoms with Gasteiger partial charge in [-0.3, -0.25) is 0 Å². The minimum atomic E-state index is -0.0791. The van der Waals surface area contributed by atoms with Gasteiger partial charge in [0.05, 0.1) is 5.56 Å². The van der Waals surface area contributed by atoms with Crippen LogP contribution in [0.5, 0.6) is 0 Å². The summed E-state index contributed by atoms with van der Waals surface area (Å²) in [4.78, 5) is 15.8. The predicted molar refractivity (Wildman–Crippen MR) is 193 cm³/mol. The number of fused-ring (bicyclic) bond motifs is 10. The van der Waals surface area contributed by atoms with Crippen molar-refractivity contribution in [2.24, 2.45) is 0 Å². The topological polar surface area (TPSA) is 65.0 Å². The van der Waals surface area contributed by atoms with Crippen molar-refractivity contribution in [2.75, 3.05) is 0 Å². The lowest BCUT2D eigenvalue weighted by Gasteiger charge is -2.37. The average molecular weight is 620 g/mol. The van der Waals surface area contributed by atoms with Crippen LogP contribution >= 0.6 is 0 Å². The molecule has 0 fully saturated rings. The van der Waals surface area contributed by atoms with Crippen molar-refractivity contribution in [1.29, 1.82) is 0 Å². The van der Waals surface area contributed by atoms with Crippen LogP contribution in [-0.4, -0.2) is 15.0 Å². The van der Waals surface area contributed by atoms with E-state index in [0.717, 1.165) is 67.0 Å². The van der Waals surface area contributed by atoms with Crippen molar-refractivity contribution in [1.82, 2.24) is 15.0 Å². The molecule has 5 nitrogen and oxygen atoms in total. The quantitative estimate of drug-likeness (QED) is 0.197. The van der Waals surface area contributed by atoms with Crippen LogP contribution in [0.3, 0.4) is 0 Å². The number of benzene rings is 5. The zero-order valence-corrected chi connectivity index (χ0v) is 26.5. The Kier molecular flexibility index (Phi) is 5.62. The molecule has 2 aliphatic carbocycles. The first-order valence-electron chi connectivity index (χ1n) is 16.3. The van der Waals surface area contributed by atoms with Gasteiger partial charge in [0.1, 0.15) is 22.3 Å². The van der Waals surface area contributed by atoms with E-state index >= 15 is 0 Å². The van der Waals surface area contributed by atoms with E-state index in [9.17, 15) is 0 Å². The predicted octanol–water partition coefficient (Wildman–Crippen LogP) is 11.1. The minimum Gasteiger partial charge on any atom is -0.456 e. The molecule has 10 rings (SSSR count). The maximum atomic E-state index is 6.49. The Morgan fingerprint density at radius 3 is 2.06 bits per heavy atom. The van der Waals surface area contributed by atoms with E-state index in [1.807, 2.05) is 54.6 Å². The van der Waals surface area contributed by atoms with E-state index in [2.05, 4.69) is 86.7 Å². The molecule has 0 amide bonds. The lowest BCUT2D eigenvalue weighted by atomic mass is 9.67. The number of nitrogens with zero attached hydrogens (tertiary/aromatic N) is 3. The van der Waals surface area contributed by atoms with Gasteiger partial charge in [-0.15, -0.1) is 0 Å². The van der Waals surface area contributed by atoms with E-state index in [0.29, 0.717) is 17.5 Å². The Bertz CT molecular complexity index is 2740. The van der Waals surface area contributed by atoms with Gasteiger partial charge in [0.15, 0.2) is 17.5 Å². The van der Waals surface area contributed by atoms with Gasteiger partial charge >= 0.3 is 0 Å². The molecule has 5 aromatic carbocycles. The van der Waals surface area contributed by atoms with Gasteiger partial charge in [0.2, 0.25) is 0 Å².